The number of anilines is 1. The molecule has 0 radical (unpaired) electrons. The Morgan fingerprint density at radius 3 is 2.78 bits per heavy atom. The Balaban J connectivity index is 1.68. The third-order valence-corrected chi connectivity index (χ3v) is 4.44. The number of likely N-dealkylation sites (N-methyl/N-ethyl adjacent to an activating group) is 1. The van der Waals surface area contributed by atoms with E-state index >= 15 is 0 Å². The van der Waals surface area contributed by atoms with Crippen LogP contribution in [0.1, 0.15) is 23.1 Å². The third kappa shape index (κ3) is 4.30. The van der Waals surface area contributed by atoms with Crippen LogP contribution in [0, 0.1) is 0 Å². The van der Waals surface area contributed by atoms with Crippen molar-refractivity contribution in [2.24, 2.45) is 0 Å². The first-order valence-electron chi connectivity index (χ1n) is 8.32. The highest BCUT2D eigenvalue weighted by molar-refractivity contribution is 5.46. The van der Waals surface area contributed by atoms with Crippen LogP contribution < -0.4 is 10.2 Å². The minimum Gasteiger partial charge on any atom is -0.396 e. The number of hydrogen-bond acceptors (Lipinski definition) is 4. The molecule has 0 spiro atoms. The molecule has 0 bridgehead atoms. The molecule has 2 N–H and O–H groups in total. The van der Waals surface area contributed by atoms with Crippen molar-refractivity contribution in [1.29, 1.82) is 0 Å². The summed E-state index contributed by atoms with van der Waals surface area (Å²) in [7, 11) is 2.13. The Kier molecular flexibility index (Phi) is 5.26. The minimum absolute atomic E-state index is 0.195. The van der Waals surface area contributed by atoms with Crippen LogP contribution in [0.4, 0.5) is 5.69 Å². The van der Waals surface area contributed by atoms with Crippen molar-refractivity contribution in [2.75, 3.05) is 31.6 Å². The summed E-state index contributed by atoms with van der Waals surface area (Å²) in [6.45, 7) is 2.36. The molecule has 1 saturated heterocycles. The average molecular weight is 311 g/mol. The first kappa shape index (κ1) is 16.0. The second-order valence-corrected chi connectivity index (χ2v) is 6.34. The predicted molar refractivity (Wildman–Crippen MR) is 94.0 cm³/mol. The molecular weight excluding hydrogens is 286 g/mol. The molecule has 0 aliphatic carbocycles. The highest BCUT2D eigenvalue weighted by atomic mass is 16.2. The van der Waals surface area contributed by atoms with E-state index < -0.39 is 0 Å². The summed E-state index contributed by atoms with van der Waals surface area (Å²) >= 11 is 0. The molecule has 1 atom stereocenters. The summed E-state index contributed by atoms with van der Waals surface area (Å²) in [6, 6.07) is 11.3. The smallest absolute Gasteiger partial charge is 0.0553 e. The van der Waals surface area contributed by atoms with Crippen molar-refractivity contribution in [3.05, 3.63) is 59.4 Å². The van der Waals surface area contributed by atoms with Crippen molar-refractivity contribution >= 4 is 5.69 Å². The standard InChI is InChI=1S/C19H25N3O/c1-22(14-18-5-7-21-18)19-11-17(12-20-13-19)10-16-4-2-3-15(9-16)6-8-23/h2-4,9,11-13,18,21,23H,5-8,10,14H2,1H3. The molecule has 2 heterocycles. The number of rotatable bonds is 7. The van der Waals surface area contributed by atoms with Crippen LogP contribution in [0.2, 0.25) is 0 Å². The number of hydrogen-bond donors (Lipinski definition) is 2. The van der Waals surface area contributed by atoms with Crippen molar-refractivity contribution < 1.29 is 5.11 Å². The van der Waals surface area contributed by atoms with Gasteiger partial charge in [-0.3, -0.25) is 4.98 Å². The Bertz CT molecular complexity index is 640. The molecule has 1 aliphatic heterocycles. The highest BCUT2D eigenvalue weighted by Gasteiger charge is 2.18. The van der Waals surface area contributed by atoms with Gasteiger partial charge in [0.2, 0.25) is 0 Å². The van der Waals surface area contributed by atoms with Gasteiger partial charge in [-0.25, -0.2) is 0 Å². The van der Waals surface area contributed by atoms with Gasteiger partial charge in [-0.1, -0.05) is 24.3 Å². The molecule has 0 amide bonds. The van der Waals surface area contributed by atoms with E-state index in [9.17, 15) is 0 Å². The van der Waals surface area contributed by atoms with Gasteiger partial charge in [-0.05, 0) is 48.6 Å². The van der Waals surface area contributed by atoms with E-state index in [1.165, 1.54) is 28.8 Å². The fourth-order valence-corrected chi connectivity index (χ4v) is 2.98. The molecule has 1 fully saturated rings. The fraction of sp³-hybridized carbons (Fsp3) is 0.421. The first-order chi connectivity index (χ1) is 11.2. The Hall–Kier alpha value is -1.91. The normalized spacial score (nSPS) is 16.9. The third-order valence-electron chi connectivity index (χ3n) is 4.44. The Morgan fingerprint density at radius 2 is 2.04 bits per heavy atom. The van der Waals surface area contributed by atoms with Gasteiger partial charge in [0.15, 0.2) is 0 Å². The van der Waals surface area contributed by atoms with Crippen LogP contribution in [0.15, 0.2) is 42.7 Å². The van der Waals surface area contributed by atoms with Gasteiger partial charge < -0.3 is 15.3 Å². The van der Waals surface area contributed by atoms with Crippen LogP contribution in [0.25, 0.3) is 0 Å². The SMILES string of the molecule is CN(CC1CCN1)c1cncc(Cc2cccc(CCO)c2)c1. The molecule has 4 heteroatoms. The number of aromatic nitrogens is 1. The van der Waals surface area contributed by atoms with Gasteiger partial charge in [0.25, 0.3) is 0 Å². The summed E-state index contributed by atoms with van der Waals surface area (Å²) in [4.78, 5) is 6.68. The van der Waals surface area contributed by atoms with E-state index in [-0.39, 0.29) is 6.61 Å². The Labute approximate surface area is 138 Å². The molecule has 1 aromatic carbocycles. The number of aliphatic hydroxyl groups excluding tert-OH is 1. The largest absolute Gasteiger partial charge is 0.396 e. The number of nitrogens with one attached hydrogen (secondary N) is 1. The summed E-state index contributed by atoms with van der Waals surface area (Å²) in [5.41, 5.74) is 4.83. The highest BCUT2D eigenvalue weighted by Crippen LogP contribution is 2.18. The maximum atomic E-state index is 9.07. The second kappa shape index (κ2) is 7.57. The van der Waals surface area contributed by atoms with Gasteiger partial charge >= 0.3 is 0 Å². The van der Waals surface area contributed by atoms with Crippen molar-refractivity contribution in [1.82, 2.24) is 10.3 Å². The molecule has 122 valence electrons. The molecule has 23 heavy (non-hydrogen) atoms. The van der Waals surface area contributed by atoms with Crippen LogP contribution in [0.3, 0.4) is 0 Å². The summed E-state index contributed by atoms with van der Waals surface area (Å²) < 4.78 is 0. The predicted octanol–water partition coefficient (Wildman–Crippen LogP) is 2.01. The zero-order chi connectivity index (χ0) is 16.1. The van der Waals surface area contributed by atoms with E-state index in [2.05, 4.69) is 52.6 Å². The van der Waals surface area contributed by atoms with E-state index in [4.69, 9.17) is 5.11 Å². The molecule has 3 rings (SSSR count). The lowest BCUT2D eigenvalue weighted by atomic mass is 10.0. The van der Waals surface area contributed by atoms with E-state index in [1.54, 1.807) is 0 Å². The lowest BCUT2D eigenvalue weighted by Crippen LogP contribution is -2.49. The number of pyridine rings is 1. The number of aliphatic hydroxyl groups is 1. The molecule has 1 aliphatic rings. The fourth-order valence-electron chi connectivity index (χ4n) is 2.98. The van der Waals surface area contributed by atoms with Crippen molar-refractivity contribution in [2.45, 2.75) is 25.3 Å². The maximum absolute atomic E-state index is 9.07. The van der Waals surface area contributed by atoms with E-state index in [0.29, 0.717) is 12.5 Å². The first-order valence-corrected chi connectivity index (χ1v) is 8.32. The molecular formula is C19H25N3O. The second-order valence-electron chi connectivity index (χ2n) is 6.34. The lowest BCUT2D eigenvalue weighted by Gasteiger charge is -2.32. The summed E-state index contributed by atoms with van der Waals surface area (Å²) in [6.07, 6.45) is 6.72. The van der Waals surface area contributed by atoms with Gasteiger partial charge in [0.05, 0.1) is 11.9 Å². The lowest BCUT2D eigenvalue weighted by molar-refractivity contribution is 0.299. The number of benzene rings is 1. The zero-order valence-corrected chi connectivity index (χ0v) is 13.7. The quantitative estimate of drug-likeness (QED) is 0.821. The average Bonchev–Trinajstić information content (AvgIpc) is 2.52. The van der Waals surface area contributed by atoms with Crippen molar-refractivity contribution in [3.8, 4) is 0 Å². The number of nitrogens with zero attached hydrogens (tertiary/aromatic N) is 2. The molecule has 0 saturated carbocycles. The van der Waals surface area contributed by atoms with Gasteiger partial charge in [0, 0.05) is 32.4 Å². The maximum Gasteiger partial charge on any atom is 0.0553 e. The van der Waals surface area contributed by atoms with Crippen molar-refractivity contribution in [3.63, 3.8) is 0 Å². The monoisotopic (exact) mass is 311 g/mol. The molecule has 1 aromatic heterocycles. The molecule has 2 aromatic rings. The van der Waals surface area contributed by atoms with Crippen LogP contribution in [-0.4, -0.2) is 42.9 Å². The topological polar surface area (TPSA) is 48.4 Å². The van der Waals surface area contributed by atoms with E-state index in [1.807, 2.05) is 12.4 Å². The van der Waals surface area contributed by atoms with Gasteiger partial charge in [-0.2, -0.15) is 0 Å². The summed E-state index contributed by atoms with van der Waals surface area (Å²) in [5.74, 6) is 0. The Morgan fingerprint density at radius 1 is 1.22 bits per heavy atom. The zero-order valence-electron chi connectivity index (χ0n) is 13.7. The van der Waals surface area contributed by atoms with E-state index in [0.717, 1.165) is 19.5 Å². The van der Waals surface area contributed by atoms with Gasteiger partial charge in [-0.15, -0.1) is 0 Å². The van der Waals surface area contributed by atoms with Crippen LogP contribution in [-0.2, 0) is 12.8 Å². The minimum atomic E-state index is 0.195. The van der Waals surface area contributed by atoms with Crippen LogP contribution in [0.5, 0.6) is 0 Å². The molecule has 4 nitrogen and oxygen atoms in total. The molecule has 1 unspecified atom stereocenters. The van der Waals surface area contributed by atoms with Crippen LogP contribution >= 0.6 is 0 Å². The summed E-state index contributed by atoms with van der Waals surface area (Å²) in [5, 5.41) is 12.5. The van der Waals surface area contributed by atoms with Gasteiger partial charge in [0.1, 0.15) is 0 Å².